The van der Waals surface area contributed by atoms with Gasteiger partial charge in [0.2, 0.25) is 94.5 Å². The van der Waals surface area contributed by atoms with Gasteiger partial charge < -0.3 is 155 Å². The van der Waals surface area contributed by atoms with Gasteiger partial charge in [-0.05, 0) is 106 Å². The lowest BCUT2D eigenvalue weighted by molar-refractivity contribution is -0.142. The molecule has 2 aromatic rings. The maximum absolute atomic E-state index is 15.3. The number of nitrogens with one attached hydrogen (secondary N) is 22. The predicted octanol–water partition coefficient (Wildman–Crippen LogP) is -9.99. The van der Waals surface area contributed by atoms with Crippen LogP contribution in [0.4, 0.5) is 0 Å². The average molecular weight is 1930 g/mol. The number of carbonyl (C=O) groups excluding carboxylic acids is 16. The van der Waals surface area contributed by atoms with Crippen molar-refractivity contribution in [3.8, 4) is 5.75 Å². The van der Waals surface area contributed by atoms with Gasteiger partial charge in [-0.15, -0.1) is 0 Å². The molecule has 4 bridgehead atoms. The zero-order valence-electron chi connectivity index (χ0n) is 73.7. The smallest absolute Gasteiger partial charge is 0.322 e. The zero-order chi connectivity index (χ0) is 99.3. The number of phenolic OH excluding ortho intramolecular Hbond substituents is 1. The van der Waals surface area contributed by atoms with Crippen molar-refractivity contribution < 1.29 is 122 Å². The van der Waals surface area contributed by atoms with Crippen molar-refractivity contribution in [3.63, 3.8) is 0 Å². The van der Waals surface area contributed by atoms with Gasteiger partial charge in [0.1, 0.15) is 96.9 Å². The van der Waals surface area contributed by atoms with E-state index in [4.69, 9.17) is 39.2 Å². The summed E-state index contributed by atoms with van der Waals surface area (Å²) in [6.07, 6.45) is -4.60. The van der Waals surface area contributed by atoms with Crippen LogP contribution < -0.4 is 124 Å². The van der Waals surface area contributed by atoms with Crippen LogP contribution in [0.25, 0.3) is 0 Å². The summed E-state index contributed by atoms with van der Waals surface area (Å²) in [7, 11) is 0. The highest BCUT2D eigenvalue weighted by Gasteiger charge is 2.40. The number of thioether (sulfide) groups is 3. The van der Waals surface area contributed by atoms with Crippen LogP contribution in [-0.4, -0.2) is 315 Å². The number of hydrogen-bond acceptors (Lipinski definition) is 29. The molecule has 0 saturated carbocycles. The van der Waals surface area contributed by atoms with Crippen molar-refractivity contribution in [1.29, 1.82) is 16.2 Å². The van der Waals surface area contributed by atoms with Crippen molar-refractivity contribution in [2.45, 2.75) is 213 Å². The molecule has 0 radical (unpaired) electrons. The lowest BCUT2D eigenvalue weighted by Crippen LogP contribution is -2.62. The van der Waals surface area contributed by atoms with Crippen molar-refractivity contribution in [2.75, 3.05) is 63.2 Å². The molecule has 0 saturated heterocycles. The van der Waals surface area contributed by atoms with Crippen LogP contribution in [0.1, 0.15) is 121 Å². The van der Waals surface area contributed by atoms with Crippen LogP contribution in [0.2, 0.25) is 0 Å². The number of nitrogens with two attached hydrogens (primary N) is 4. The minimum absolute atomic E-state index is 0.00769. The topological polar surface area (TPSA) is 850 Å². The largest absolute Gasteiger partial charge is 0.508 e. The second-order valence-electron chi connectivity index (χ2n) is 31.2. The van der Waals surface area contributed by atoms with Crippen molar-refractivity contribution in [3.05, 3.63) is 64.7 Å². The van der Waals surface area contributed by atoms with E-state index in [-0.39, 0.29) is 105 Å². The molecule has 0 unspecified atom stereocenters. The van der Waals surface area contributed by atoms with Gasteiger partial charge in [0.05, 0.1) is 32.2 Å². The van der Waals surface area contributed by atoms with Crippen molar-refractivity contribution >= 4 is 166 Å². The van der Waals surface area contributed by atoms with Gasteiger partial charge in [-0.2, -0.15) is 35.3 Å². The van der Waals surface area contributed by atoms with E-state index in [2.05, 4.69) is 101 Å². The summed E-state index contributed by atoms with van der Waals surface area (Å²) < 4.78 is 0. The van der Waals surface area contributed by atoms with Gasteiger partial charge >= 0.3 is 17.9 Å². The third-order valence-corrected chi connectivity index (χ3v) is 23.1. The minimum Gasteiger partial charge on any atom is -0.508 e. The number of carboxylic acid groups (broad SMARTS) is 3. The molecular weight excluding hydrogens is 1810 g/mol. The van der Waals surface area contributed by atoms with E-state index >= 15 is 9.59 Å². The quantitative estimate of drug-likeness (QED) is 0.0214. The van der Waals surface area contributed by atoms with E-state index in [1.165, 1.54) is 58.9 Å². The number of hydrogen-bond donors (Lipinski definition) is 32. The summed E-state index contributed by atoms with van der Waals surface area (Å²) in [6, 6.07) is -15.9. The van der Waals surface area contributed by atoms with Gasteiger partial charge in [-0.25, -0.2) is 0 Å². The molecule has 0 aliphatic carbocycles. The molecule has 15 atom stereocenters. The molecule has 54 heteroatoms. The molecule has 2 heterocycles. The molecule has 2 aliphatic rings. The Morgan fingerprint density at radius 1 is 0.466 bits per heavy atom. The molecule has 736 valence electrons. The molecule has 51 nitrogen and oxygen atoms in total. The number of carboxylic acids is 3. The van der Waals surface area contributed by atoms with Crippen LogP contribution in [0.15, 0.2) is 42.5 Å². The highest BCUT2D eigenvalue weighted by Crippen LogP contribution is 2.25. The van der Waals surface area contributed by atoms with E-state index in [1.807, 2.05) is 0 Å². The number of aliphatic hydroxyl groups is 2. The van der Waals surface area contributed by atoms with E-state index in [0.29, 0.717) is 16.7 Å². The second-order valence-corrected chi connectivity index (χ2v) is 34.3. The highest BCUT2D eigenvalue weighted by atomic mass is 32.2. The maximum Gasteiger partial charge on any atom is 0.322 e. The number of carbonyl (C=O) groups is 19. The minimum atomic E-state index is -2.18. The molecule has 0 fully saturated rings. The fraction of sp³-hybridized carbons (Fsp3) is 0.570. The summed E-state index contributed by atoms with van der Waals surface area (Å²) in [4.78, 5) is 267. The number of amides is 16. The van der Waals surface area contributed by atoms with E-state index in [1.54, 1.807) is 18.2 Å². The summed E-state index contributed by atoms with van der Waals surface area (Å²) in [6.45, 7) is 2.25. The number of rotatable bonds is 28. The Labute approximate surface area is 776 Å². The first-order valence-corrected chi connectivity index (χ1v) is 45.6. The molecular formula is C79H122N26O25S3. The number of benzene rings is 2. The molecule has 2 aromatic carbocycles. The van der Waals surface area contributed by atoms with Crippen LogP contribution >= 0.6 is 35.3 Å². The number of aromatic hydroxyl groups is 1. The summed E-state index contributed by atoms with van der Waals surface area (Å²) in [5, 5.41) is 131. The third kappa shape index (κ3) is 41.9. The lowest BCUT2D eigenvalue weighted by atomic mass is 10.0. The van der Waals surface area contributed by atoms with Gasteiger partial charge in [-0.1, -0.05) is 51.1 Å². The third-order valence-electron chi connectivity index (χ3n) is 19.8. The molecule has 0 aromatic heterocycles. The highest BCUT2D eigenvalue weighted by molar-refractivity contribution is 7.99. The Bertz CT molecular complexity index is 4460. The van der Waals surface area contributed by atoms with Crippen LogP contribution in [0.3, 0.4) is 0 Å². The van der Waals surface area contributed by atoms with Crippen molar-refractivity contribution in [1.82, 2.24) is 101 Å². The summed E-state index contributed by atoms with van der Waals surface area (Å²) in [5.74, 6) is -27.2. The average Bonchev–Trinajstić information content (AvgIpc) is 0.924. The first-order valence-electron chi connectivity index (χ1n) is 42.1. The van der Waals surface area contributed by atoms with E-state index < -0.39 is 285 Å². The van der Waals surface area contributed by atoms with Crippen LogP contribution in [0, 0.1) is 22.1 Å². The first-order chi connectivity index (χ1) is 62.8. The summed E-state index contributed by atoms with van der Waals surface area (Å²) >= 11 is 2.88. The summed E-state index contributed by atoms with van der Waals surface area (Å²) in [5.41, 5.74) is 24.0. The van der Waals surface area contributed by atoms with Crippen LogP contribution in [0.5, 0.6) is 5.75 Å². The number of fused-ring (bicyclic) bond motifs is 5. The van der Waals surface area contributed by atoms with Gasteiger partial charge in [-0.3, -0.25) is 107 Å². The number of guanidine groups is 3. The Morgan fingerprint density at radius 2 is 0.895 bits per heavy atom. The van der Waals surface area contributed by atoms with Gasteiger partial charge in [0.25, 0.3) is 0 Å². The normalized spacial score (nSPS) is 23.9. The Balaban J connectivity index is 2.09. The fourth-order valence-corrected chi connectivity index (χ4v) is 15.7. The molecule has 133 heavy (non-hydrogen) atoms. The Hall–Kier alpha value is -13.1. The molecule has 0 spiro atoms. The maximum atomic E-state index is 15.3. The molecule has 36 N–H and O–H groups in total. The fourth-order valence-electron chi connectivity index (χ4n) is 12.7. The van der Waals surface area contributed by atoms with Crippen LogP contribution in [-0.2, 0) is 115 Å². The van der Waals surface area contributed by atoms with E-state index in [0.717, 1.165) is 35.3 Å². The molecule has 4 rings (SSSR count). The molecule has 16 amide bonds. The number of aliphatic carboxylic acids is 3. The Kier molecular flexibility index (Phi) is 48.9. The van der Waals surface area contributed by atoms with Gasteiger partial charge in [0.15, 0.2) is 17.9 Å². The SMILES string of the molecule is CC[C@H]1NC(=O)[C@H](CCCNC(=N)N)NC(=O)CNC(=O)[C@H](CCCNC(=N)N)NC(=O)[C@@H]2CSCc3cc(cc(c3)CSC[C@@H](C(=O)NCC(=O)O)NC(=O)[C@H](C)NC(=O)[C@H](CO)NC1=O)CSC[C@H](NC(=O)[C@H](C)N)C(=O)N[C@@H](CO)C(=O)N[C@@H](CCCNC(=N)N)C(=O)N[C@@H](Cc1ccc(O)cc1)C(=O)N[C@@H](CCC(=O)O)C(=O)N[C@@H](C(C)C)C(=O)N[C@@H](CC(=O)O)C(=O)N2. The molecule has 2 aliphatic heterocycles. The van der Waals surface area contributed by atoms with Crippen molar-refractivity contribution in [2.24, 2.45) is 28.9 Å². The second kappa shape index (κ2) is 57.9. The first kappa shape index (κ1) is 112. The Morgan fingerprint density at radius 3 is 1.39 bits per heavy atom. The van der Waals surface area contributed by atoms with E-state index in [9.17, 15) is 112 Å². The standard InChI is InChI=1S/C79H122N26O25S3/c1-6-45-66(120)100-52(29-106)72(126)92-39(5)63(117)103-54(65(119)91-28-60(114)115)34-131-31-41-22-42-24-43(23-41)33-133-36-56(74(128)95-46(10-7-19-87-77(81)82)64(118)90-27-57(109)93-47(67(121)94-45)11-8-20-88-78(83)84)104-71(125)51(26-59(112)113)99-76(130)61(37(2)3)105-69(123)49(17-18-58(110)111)97-70(124)50(25-40-13-15-44(108)16-14-40)98-68(122)48(12-9-21-89-79(85)86)96-73(127)53(30-107)101-75(129)55(35-132-32-42)102-62(116)38(4)80/h13-16,22-24,37-39,45-56,61,106-108H,6-12,17-21,25-36,80H2,1-5H3,(H,90,118)(H,91,119)(H,92,126)(H,93,109)(H,94,121)(H,95,128)(H,96,127)(H,97,124)(H,98,122)(H,99,130)(H,100,120)(H,101,129)(H,102,116)(H,103,117)(H,104,125)(H,105,123)(H,110,111)(H,112,113)(H,114,115)(H4,81,82,87)(H4,83,84,88)(H4,85,86,89)/t38-,39-,45+,46-,47-,48-,49-,50-,51-,52-,53-,54-,55-,56-,61-/m0/s1. The predicted molar refractivity (Wildman–Crippen MR) is 483 cm³/mol. The number of aliphatic hydroxyl groups excluding tert-OH is 2. The lowest BCUT2D eigenvalue weighted by Gasteiger charge is -2.29. The zero-order valence-corrected chi connectivity index (χ0v) is 76.2. The monoisotopic (exact) mass is 1930 g/mol. The number of phenols is 1. The van der Waals surface area contributed by atoms with Gasteiger partial charge in [0, 0.05) is 67.0 Å².